The van der Waals surface area contributed by atoms with Gasteiger partial charge in [0.15, 0.2) is 0 Å². The van der Waals surface area contributed by atoms with Gasteiger partial charge in [-0.25, -0.2) is 0 Å². The zero-order valence-electron chi connectivity index (χ0n) is 12.3. The molecule has 2 nitrogen and oxygen atoms in total. The van der Waals surface area contributed by atoms with Gasteiger partial charge < -0.3 is 10.6 Å². The van der Waals surface area contributed by atoms with E-state index in [1.165, 1.54) is 16.8 Å². The molecule has 0 saturated carbocycles. The van der Waals surface area contributed by atoms with Crippen molar-refractivity contribution in [3.63, 3.8) is 0 Å². The van der Waals surface area contributed by atoms with E-state index in [0.717, 1.165) is 24.0 Å². The first-order chi connectivity index (χ1) is 10.2. The Morgan fingerprint density at radius 1 is 1.24 bits per heavy atom. The maximum Gasteiger partial charge on any atom is 0.0514 e. The Balaban J connectivity index is 1.93. The van der Waals surface area contributed by atoms with Crippen molar-refractivity contribution < 1.29 is 0 Å². The topological polar surface area (TPSA) is 29.3 Å². The van der Waals surface area contributed by atoms with E-state index in [9.17, 15) is 0 Å². The Kier molecular flexibility index (Phi) is 4.32. The van der Waals surface area contributed by atoms with E-state index in [-0.39, 0.29) is 0 Å². The summed E-state index contributed by atoms with van der Waals surface area (Å²) in [6.45, 7) is 4.09. The summed E-state index contributed by atoms with van der Waals surface area (Å²) in [7, 11) is 0. The van der Waals surface area contributed by atoms with Gasteiger partial charge in [-0.2, -0.15) is 0 Å². The zero-order valence-corrected chi connectivity index (χ0v) is 13.9. The lowest BCUT2D eigenvalue weighted by molar-refractivity contribution is 0.606. The minimum Gasteiger partial charge on any atom is -0.364 e. The number of hydrogen-bond acceptors (Lipinski definition) is 2. The molecule has 110 valence electrons. The normalized spacial score (nSPS) is 18.6. The Morgan fingerprint density at radius 2 is 2.05 bits per heavy atom. The molecule has 1 aliphatic heterocycles. The predicted octanol–water partition coefficient (Wildman–Crippen LogP) is 4.46. The maximum atomic E-state index is 5.79. The quantitative estimate of drug-likeness (QED) is 0.886. The molecule has 0 fully saturated rings. The maximum absolute atomic E-state index is 5.79. The fraction of sp³-hybridized carbons (Fsp3) is 0.333. The monoisotopic (exact) mass is 344 g/mol. The third-order valence-corrected chi connectivity index (χ3v) is 4.91. The van der Waals surface area contributed by atoms with Crippen LogP contribution < -0.4 is 10.6 Å². The average molecular weight is 345 g/mol. The van der Waals surface area contributed by atoms with Gasteiger partial charge in [0.25, 0.3) is 0 Å². The lowest BCUT2D eigenvalue weighted by atomic mass is 9.98. The highest BCUT2D eigenvalue weighted by molar-refractivity contribution is 9.10. The average Bonchev–Trinajstić information content (AvgIpc) is 2.86. The van der Waals surface area contributed by atoms with E-state index < -0.39 is 0 Å². The highest BCUT2D eigenvalue weighted by Crippen LogP contribution is 2.42. The van der Waals surface area contributed by atoms with Crippen molar-refractivity contribution in [3.05, 3.63) is 64.1 Å². The second-order valence-corrected chi connectivity index (χ2v) is 6.63. The molecule has 2 aromatic rings. The first-order valence-corrected chi connectivity index (χ1v) is 8.31. The van der Waals surface area contributed by atoms with Crippen molar-refractivity contribution in [1.29, 1.82) is 0 Å². The SMILES string of the molecule is CC(c1cccc(Br)c1)N1CC(CCN)c2ccccc21. The molecule has 0 aliphatic carbocycles. The molecule has 0 saturated heterocycles. The smallest absolute Gasteiger partial charge is 0.0514 e. The van der Waals surface area contributed by atoms with E-state index in [2.05, 4.69) is 76.3 Å². The van der Waals surface area contributed by atoms with Gasteiger partial charge in [0.1, 0.15) is 0 Å². The third-order valence-electron chi connectivity index (χ3n) is 4.42. The number of rotatable bonds is 4. The summed E-state index contributed by atoms with van der Waals surface area (Å²) in [5, 5.41) is 0. The first kappa shape index (κ1) is 14.6. The van der Waals surface area contributed by atoms with Crippen LogP contribution in [0.25, 0.3) is 0 Å². The molecule has 0 bridgehead atoms. The van der Waals surface area contributed by atoms with Crippen LogP contribution in [0.4, 0.5) is 5.69 Å². The number of nitrogens with two attached hydrogens (primary N) is 1. The predicted molar refractivity (Wildman–Crippen MR) is 92.8 cm³/mol. The van der Waals surface area contributed by atoms with Crippen molar-refractivity contribution >= 4 is 21.6 Å². The van der Waals surface area contributed by atoms with Gasteiger partial charge in [0.2, 0.25) is 0 Å². The summed E-state index contributed by atoms with van der Waals surface area (Å²) >= 11 is 3.57. The molecule has 0 radical (unpaired) electrons. The largest absolute Gasteiger partial charge is 0.364 e. The third kappa shape index (κ3) is 2.85. The molecule has 1 heterocycles. The molecule has 3 rings (SSSR count). The number of halogens is 1. The van der Waals surface area contributed by atoms with Gasteiger partial charge in [-0.15, -0.1) is 0 Å². The van der Waals surface area contributed by atoms with Crippen LogP contribution in [0.5, 0.6) is 0 Å². The standard InChI is InChI=1S/C18H21BrN2/c1-13(14-5-4-6-16(19)11-14)21-12-15(9-10-20)17-7-2-3-8-18(17)21/h2-8,11,13,15H,9-10,12,20H2,1H3. The molecule has 21 heavy (non-hydrogen) atoms. The van der Waals surface area contributed by atoms with E-state index >= 15 is 0 Å². The van der Waals surface area contributed by atoms with Crippen LogP contribution in [0.1, 0.15) is 36.4 Å². The van der Waals surface area contributed by atoms with E-state index in [0.29, 0.717) is 12.0 Å². The van der Waals surface area contributed by atoms with Crippen molar-refractivity contribution in [3.8, 4) is 0 Å². The van der Waals surface area contributed by atoms with E-state index in [1.807, 2.05) is 0 Å². The van der Waals surface area contributed by atoms with E-state index in [1.54, 1.807) is 0 Å². The summed E-state index contributed by atoms with van der Waals surface area (Å²) in [5.74, 6) is 0.556. The first-order valence-electron chi connectivity index (χ1n) is 7.52. The lowest BCUT2D eigenvalue weighted by Gasteiger charge is -2.28. The molecule has 3 heteroatoms. The minimum absolute atomic E-state index is 0.367. The summed E-state index contributed by atoms with van der Waals surface area (Å²) < 4.78 is 1.14. The summed E-state index contributed by atoms with van der Waals surface area (Å²) in [6.07, 6.45) is 1.05. The second-order valence-electron chi connectivity index (χ2n) is 5.72. The van der Waals surface area contributed by atoms with Crippen molar-refractivity contribution in [1.82, 2.24) is 0 Å². The number of anilines is 1. The van der Waals surface area contributed by atoms with Crippen molar-refractivity contribution in [2.75, 3.05) is 18.0 Å². The van der Waals surface area contributed by atoms with Crippen LogP contribution in [0.15, 0.2) is 53.0 Å². The molecular formula is C18H21BrN2. The van der Waals surface area contributed by atoms with E-state index in [4.69, 9.17) is 5.73 Å². The number of para-hydroxylation sites is 1. The van der Waals surface area contributed by atoms with Crippen LogP contribution in [-0.4, -0.2) is 13.1 Å². The molecule has 2 atom stereocenters. The molecule has 2 unspecified atom stereocenters. The van der Waals surface area contributed by atoms with Crippen molar-refractivity contribution in [2.24, 2.45) is 5.73 Å². The Labute approximate surface area is 135 Å². The lowest BCUT2D eigenvalue weighted by Crippen LogP contribution is -2.26. The van der Waals surface area contributed by atoms with Crippen LogP contribution >= 0.6 is 15.9 Å². The minimum atomic E-state index is 0.367. The second kappa shape index (κ2) is 6.20. The van der Waals surface area contributed by atoms with Gasteiger partial charge in [-0.1, -0.05) is 46.3 Å². The van der Waals surface area contributed by atoms with Gasteiger partial charge in [0, 0.05) is 22.6 Å². The van der Waals surface area contributed by atoms with Gasteiger partial charge in [-0.05, 0) is 49.2 Å². The Morgan fingerprint density at radius 3 is 2.81 bits per heavy atom. The fourth-order valence-electron chi connectivity index (χ4n) is 3.29. The summed E-state index contributed by atoms with van der Waals surface area (Å²) in [5.41, 5.74) is 9.95. The fourth-order valence-corrected chi connectivity index (χ4v) is 3.71. The number of nitrogens with zero attached hydrogens (tertiary/aromatic N) is 1. The molecule has 2 N–H and O–H groups in total. The molecular weight excluding hydrogens is 324 g/mol. The van der Waals surface area contributed by atoms with Crippen LogP contribution in [0, 0.1) is 0 Å². The van der Waals surface area contributed by atoms with Crippen molar-refractivity contribution in [2.45, 2.75) is 25.3 Å². The van der Waals surface area contributed by atoms with Crippen LogP contribution in [-0.2, 0) is 0 Å². The molecule has 0 aromatic heterocycles. The zero-order chi connectivity index (χ0) is 14.8. The highest BCUT2D eigenvalue weighted by Gasteiger charge is 2.30. The number of benzene rings is 2. The molecule has 2 aromatic carbocycles. The highest BCUT2D eigenvalue weighted by atomic mass is 79.9. The van der Waals surface area contributed by atoms with Crippen LogP contribution in [0.2, 0.25) is 0 Å². The molecule has 0 amide bonds. The summed E-state index contributed by atoms with van der Waals surface area (Å²) in [4.78, 5) is 2.51. The number of fused-ring (bicyclic) bond motifs is 1. The Bertz CT molecular complexity index is 626. The van der Waals surface area contributed by atoms with Crippen LogP contribution in [0.3, 0.4) is 0 Å². The van der Waals surface area contributed by atoms with Gasteiger partial charge in [0.05, 0.1) is 6.04 Å². The molecule has 1 aliphatic rings. The summed E-state index contributed by atoms with van der Waals surface area (Å²) in [6, 6.07) is 17.7. The molecule has 0 spiro atoms. The number of hydrogen-bond donors (Lipinski definition) is 1. The Hall–Kier alpha value is -1.32. The van der Waals surface area contributed by atoms with Gasteiger partial charge >= 0.3 is 0 Å². The van der Waals surface area contributed by atoms with Gasteiger partial charge in [-0.3, -0.25) is 0 Å².